The molecule has 3 saturated heterocycles. The van der Waals surface area contributed by atoms with Gasteiger partial charge in [-0.25, -0.2) is 0 Å². The van der Waals surface area contributed by atoms with Crippen LogP contribution in [0.25, 0.3) is 0 Å². The SMILES string of the molecule is N#C[C@@H]1CC2C[C@@H]2N1C(=O)[C@@H](N)CN1C[C@H]2C[C@@H]1C(=O)N2[C@@H]1CCc2cc(C(N)=O)ccc21. The molecule has 4 fully saturated rings. The van der Waals surface area contributed by atoms with E-state index in [1.807, 2.05) is 17.0 Å². The van der Waals surface area contributed by atoms with E-state index in [-0.39, 0.29) is 42.0 Å². The van der Waals surface area contributed by atoms with Crippen molar-refractivity contribution in [1.82, 2.24) is 14.7 Å². The second kappa shape index (κ2) is 7.27. The fourth-order valence-corrected chi connectivity index (χ4v) is 6.75. The van der Waals surface area contributed by atoms with Gasteiger partial charge in [0.25, 0.3) is 0 Å². The van der Waals surface area contributed by atoms with Gasteiger partial charge in [-0.15, -0.1) is 0 Å². The van der Waals surface area contributed by atoms with Gasteiger partial charge in [-0.05, 0) is 61.3 Å². The number of benzene rings is 1. The van der Waals surface area contributed by atoms with Crippen LogP contribution in [0.2, 0.25) is 0 Å². The van der Waals surface area contributed by atoms with Crippen LogP contribution in [0.15, 0.2) is 18.2 Å². The first-order valence-electron chi connectivity index (χ1n) is 11.8. The van der Waals surface area contributed by atoms with Crippen molar-refractivity contribution in [1.29, 1.82) is 5.26 Å². The van der Waals surface area contributed by atoms with Crippen LogP contribution < -0.4 is 11.5 Å². The van der Waals surface area contributed by atoms with E-state index < -0.39 is 11.9 Å². The number of primary amides is 1. The Kier molecular flexibility index (Phi) is 4.55. The zero-order valence-electron chi connectivity index (χ0n) is 18.4. The first-order valence-corrected chi connectivity index (χ1v) is 11.8. The number of fused-ring (bicyclic) bond motifs is 4. The molecule has 2 bridgehead atoms. The smallest absolute Gasteiger partial charge is 0.248 e. The highest BCUT2D eigenvalue weighted by Gasteiger charge is 2.56. The lowest BCUT2D eigenvalue weighted by molar-refractivity contribution is -0.141. The molecule has 1 saturated carbocycles. The van der Waals surface area contributed by atoms with Crippen LogP contribution in [-0.2, 0) is 16.0 Å². The van der Waals surface area contributed by atoms with Crippen molar-refractivity contribution in [2.24, 2.45) is 17.4 Å². The molecule has 33 heavy (non-hydrogen) atoms. The summed E-state index contributed by atoms with van der Waals surface area (Å²) in [7, 11) is 0. The summed E-state index contributed by atoms with van der Waals surface area (Å²) in [5, 5.41) is 9.39. The second-order valence-corrected chi connectivity index (χ2v) is 10.2. The first kappa shape index (κ1) is 20.6. The molecule has 172 valence electrons. The molecule has 7 atom stereocenters. The van der Waals surface area contributed by atoms with E-state index in [9.17, 15) is 19.6 Å². The van der Waals surface area contributed by atoms with Gasteiger partial charge in [0.2, 0.25) is 17.7 Å². The summed E-state index contributed by atoms with van der Waals surface area (Å²) in [5.41, 5.74) is 14.4. The van der Waals surface area contributed by atoms with Gasteiger partial charge < -0.3 is 21.3 Å². The number of nitriles is 1. The van der Waals surface area contributed by atoms with Crippen LogP contribution in [0.3, 0.4) is 0 Å². The van der Waals surface area contributed by atoms with Crippen molar-refractivity contribution in [3.05, 3.63) is 34.9 Å². The first-order chi connectivity index (χ1) is 15.9. The molecular weight excluding hydrogens is 420 g/mol. The summed E-state index contributed by atoms with van der Waals surface area (Å²) in [6.45, 7) is 1.05. The molecule has 5 aliphatic rings. The molecule has 3 amide bonds. The summed E-state index contributed by atoms with van der Waals surface area (Å²) < 4.78 is 0. The maximum absolute atomic E-state index is 13.3. The van der Waals surface area contributed by atoms with Crippen molar-refractivity contribution < 1.29 is 14.4 Å². The Hall–Kier alpha value is -2.96. The molecule has 0 aromatic heterocycles. The van der Waals surface area contributed by atoms with Crippen LogP contribution in [0.1, 0.15) is 53.2 Å². The Morgan fingerprint density at radius 3 is 2.76 bits per heavy atom. The average Bonchev–Trinajstić information content (AvgIpc) is 3.15. The molecule has 9 nitrogen and oxygen atoms in total. The fourth-order valence-electron chi connectivity index (χ4n) is 6.75. The summed E-state index contributed by atoms with van der Waals surface area (Å²) >= 11 is 0. The van der Waals surface area contributed by atoms with Gasteiger partial charge in [0.05, 0.1) is 24.2 Å². The number of aryl methyl sites for hydroxylation is 1. The number of likely N-dealkylation sites (tertiary alicyclic amines) is 3. The zero-order valence-corrected chi connectivity index (χ0v) is 18.4. The van der Waals surface area contributed by atoms with Gasteiger partial charge in [-0.3, -0.25) is 19.3 Å². The summed E-state index contributed by atoms with van der Waals surface area (Å²) in [6.07, 6.45) is 4.15. The molecule has 1 unspecified atom stereocenters. The molecule has 2 aliphatic carbocycles. The number of nitrogens with two attached hydrogens (primary N) is 2. The molecule has 3 aliphatic heterocycles. The minimum atomic E-state index is -0.722. The van der Waals surface area contributed by atoms with Gasteiger partial charge in [0.15, 0.2) is 0 Å². The largest absolute Gasteiger partial charge is 0.366 e. The van der Waals surface area contributed by atoms with Gasteiger partial charge in [-0.1, -0.05) is 6.07 Å². The Morgan fingerprint density at radius 1 is 1.21 bits per heavy atom. The van der Waals surface area contributed by atoms with Crippen molar-refractivity contribution in [2.45, 2.75) is 68.4 Å². The predicted octanol–water partition coefficient (Wildman–Crippen LogP) is -0.102. The number of carbonyl (C=O) groups excluding carboxylic acids is 3. The van der Waals surface area contributed by atoms with E-state index in [1.165, 1.54) is 0 Å². The van der Waals surface area contributed by atoms with E-state index in [2.05, 4.69) is 11.0 Å². The summed E-state index contributed by atoms with van der Waals surface area (Å²) in [6, 6.07) is 6.74. The molecular formula is C24H28N6O3. The fraction of sp³-hybridized carbons (Fsp3) is 0.583. The molecule has 3 heterocycles. The number of piperazine rings is 1. The van der Waals surface area contributed by atoms with Gasteiger partial charge in [-0.2, -0.15) is 5.26 Å². The van der Waals surface area contributed by atoms with E-state index in [4.69, 9.17) is 11.5 Å². The van der Waals surface area contributed by atoms with Gasteiger partial charge in [0.1, 0.15) is 6.04 Å². The van der Waals surface area contributed by atoms with E-state index in [1.54, 1.807) is 11.0 Å². The van der Waals surface area contributed by atoms with Gasteiger partial charge in [0, 0.05) is 30.7 Å². The highest BCUT2D eigenvalue weighted by molar-refractivity contribution is 5.93. The maximum Gasteiger partial charge on any atom is 0.248 e. The van der Waals surface area contributed by atoms with Crippen molar-refractivity contribution in [3.8, 4) is 6.07 Å². The zero-order chi connectivity index (χ0) is 23.0. The molecule has 0 spiro atoms. The van der Waals surface area contributed by atoms with Crippen LogP contribution in [-0.4, -0.2) is 75.7 Å². The summed E-state index contributed by atoms with van der Waals surface area (Å²) in [4.78, 5) is 43.6. The van der Waals surface area contributed by atoms with Crippen LogP contribution in [0.5, 0.6) is 0 Å². The molecule has 0 radical (unpaired) electrons. The highest BCUT2D eigenvalue weighted by atomic mass is 16.2. The maximum atomic E-state index is 13.3. The molecule has 6 rings (SSSR count). The molecule has 9 heteroatoms. The molecule has 4 N–H and O–H groups in total. The molecule has 1 aromatic carbocycles. The minimum Gasteiger partial charge on any atom is -0.366 e. The highest BCUT2D eigenvalue weighted by Crippen LogP contribution is 2.48. The van der Waals surface area contributed by atoms with Crippen LogP contribution >= 0.6 is 0 Å². The van der Waals surface area contributed by atoms with E-state index in [0.29, 0.717) is 24.6 Å². The monoisotopic (exact) mass is 448 g/mol. The van der Waals surface area contributed by atoms with E-state index >= 15 is 0 Å². The lowest BCUT2D eigenvalue weighted by Crippen LogP contribution is -2.57. The third kappa shape index (κ3) is 3.08. The number of hydrogen-bond donors (Lipinski definition) is 2. The van der Waals surface area contributed by atoms with E-state index in [0.717, 1.165) is 43.2 Å². The van der Waals surface area contributed by atoms with Crippen molar-refractivity contribution in [3.63, 3.8) is 0 Å². The summed E-state index contributed by atoms with van der Waals surface area (Å²) in [5.74, 6) is -0.0435. The number of carbonyl (C=O) groups is 3. The lowest BCUT2D eigenvalue weighted by Gasteiger charge is -2.38. The minimum absolute atomic E-state index is 0.0228. The Morgan fingerprint density at radius 2 is 2.03 bits per heavy atom. The number of hydrogen-bond acceptors (Lipinski definition) is 6. The predicted molar refractivity (Wildman–Crippen MR) is 117 cm³/mol. The number of nitrogens with zero attached hydrogens (tertiary/aromatic N) is 4. The number of piperidine rings is 1. The van der Waals surface area contributed by atoms with Gasteiger partial charge >= 0.3 is 0 Å². The van der Waals surface area contributed by atoms with Crippen LogP contribution in [0, 0.1) is 17.2 Å². The number of amides is 3. The average molecular weight is 449 g/mol. The Balaban J connectivity index is 1.13. The lowest BCUT2D eigenvalue weighted by atomic mass is 10.0. The number of rotatable bonds is 5. The Bertz CT molecular complexity index is 1100. The second-order valence-electron chi connectivity index (χ2n) is 10.2. The topological polar surface area (TPSA) is 137 Å². The third-order valence-electron chi connectivity index (χ3n) is 8.38. The normalized spacial score (nSPS) is 34.8. The Labute approximate surface area is 192 Å². The van der Waals surface area contributed by atoms with Crippen LogP contribution in [0.4, 0.5) is 0 Å². The van der Waals surface area contributed by atoms with Crippen molar-refractivity contribution >= 4 is 17.7 Å². The third-order valence-corrected chi connectivity index (χ3v) is 8.38. The molecule has 1 aromatic rings. The van der Waals surface area contributed by atoms with Crippen molar-refractivity contribution in [2.75, 3.05) is 13.1 Å². The standard InChI is InChI=1S/C24H28N6O3/c25-9-15-6-14-7-20(14)29(15)23(32)18(26)11-28-10-16-8-21(28)24(33)30(16)19-4-2-12-5-13(22(27)31)1-3-17(12)19/h1,3,5,14-16,18-21H,2,4,6-8,10-11,26H2,(H2,27,31)/t14?,15-,16+,18-,19+,20-,21+/m0/s1. The quantitative estimate of drug-likeness (QED) is 0.645.